The molecule has 4 rings (SSSR count). The number of carbonyl (C=O) groups is 1. The van der Waals surface area contributed by atoms with Crippen LogP contribution in [0.4, 0.5) is 4.79 Å². The third kappa shape index (κ3) is 2.18. The Hall–Kier alpha value is -3.23. The van der Waals surface area contributed by atoms with Gasteiger partial charge < -0.3 is 10.6 Å². The van der Waals surface area contributed by atoms with Crippen molar-refractivity contribution < 1.29 is 4.79 Å². The Labute approximate surface area is 120 Å². The highest BCUT2D eigenvalue weighted by Crippen LogP contribution is 2.12. The maximum Gasteiger partial charge on any atom is 0.314 e. The molecular formula is C13H10N4O5. The van der Waals surface area contributed by atoms with Crippen LogP contribution in [-0.4, -0.2) is 29.1 Å². The number of rotatable bonds is 0. The molecule has 0 radical (unpaired) electrons. The van der Waals surface area contributed by atoms with E-state index in [2.05, 4.69) is 20.6 Å². The maximum atomic E-state index is 11.3. The lowest BCUT2D eigenvalue weighted by atomic mass is 10.1. The number of aromatic nitrogens is 2. The van der Waals surface area contributed by atoms with E-state index < -0.39 is 22.2 Å². The maximum absolute atomic E-state index is 11.3. The Morgan fingerprint density at radius 2 is 0.909 bits per heavy atom. The fourth-order valence-electron chi connectivity index (χ4n) is 2.24. The van der Waals surface area contributed by atoms with Crippen molar-refractivity contribution in [2.75, 3.05) is 13.1 Å². The van der Waals surface area contributed by atoms with E-state index in [0.29, 0.717) is 0 Å². The first kappa shape index (κ1) is 13.7. The Kier molecular flexibility index (Phi) is 3.09. The second-order valence-electron chi connectivity index (χ2n) is 4.69. The fraction of sp³-hybridized carbons (Fsp3) is 0.154. The third-order valence-electron chi connectivity index (χ3n) is 3.29. The Balaban J connectivity index is 0.000000202. The summed E-state index contributed by atoms with van der Waals surface area (Å²) in [4.78, 5) is 59.5. The molecule has 0 atom stereocenters. The molecule has 4 N–H and O–H groups in total. The Morgan fingerprint density at radius 3 is 1.14 bits per heavy atom. The summed E-state index contributed by atoms with van der Waals surface area (Å²) in [7, 11) is 0. The second kappa shape index (κ2) is 4.95. The van der Waals surface area contributed by atoms with Crippen molar-refractivity contribution in [3.8, 4) is 0 Å². The summed E-state index contributed by atoms with van der Waals surface area (Å²) in [6, 6.07) is 2.49. The first-order valence-electron chi connectivity index (χ1n) is 6.38. The van der Waals surface area contributed by atoms with Gasteiger partial charge in [0.1, 0.15) is 0 Å². The van der Waals surface area contributed by atoms with Crippen LogP contribution in [0.15, 0.2) is 31.3 Å². The van der Waals surface area contributed by atoms with Crippen LogP contribution in [0, 0.1) is 0 Å². The quantitative estimate of drug-likeness (QED) is 0.390. The molecule has 2 amide bonds. The average molecular weight is 302 g/mol. The number of fused-ring (bicyclic) bond motifs is 2. The zero-order valence-electron chi connectivity index (χ0n) is 11.1. The van der Waals surface area contributed by atoms with Crippen LogP contribution in [0.3, 0.4) is 0 Å². The zero-order valence-corrected chi connectivity index (χ0v) is 11.1. The van der Waals surface area contributed by atoms with Gasteiger partial charge in [0.25, 0.3) is 22.2 Å². The monoisotopic (exact) mass is 302 g/mol. The molecular weight excluding hydrogens is 292 g/mol. The van der Waals surface area contributed by atoms with Gasteiger partial charge in [0.05, 0.1) is 21.5 Å². The minimum absolute atomic E-state index is 0.0463. The van der Waals surface area contributed by atoms with Crippen molar-refractivity contribution in [2.24, 2.45) is 0 Å². The van der Waals surface area contributed by atoms with Gasteiger partial charge >= 0.3 is 6.03 Å². The summed E-state index contributed by atoms with van der Waals surface area (Å²) in [6.07, 6.45) is 0. The molecule has 22 heavy (non-hydrogen) atoms. The van der Waals surface area contributed by atoms with Gasteiger partial charge in [0.15, 0.2) is 0 Å². The average Bonchev–Trinajstić information content (AvgIpc) is 3.13. The Morgan fingerprint density at radius 1 is 0.591 bits per heavy atom. The number of hydrogen-bond acceptors (Lipinski definition) is 5. The smallest absolute Gasteiger partial charge is 0.314 e. The number of amides is 2. The highest BCUT2D eigenvalue weighted by molar-refractivity contribution is 5.97. The van der Waals surface area contributed by atoms with Crippen LogP contribution in [0.5, 0.6) is 0 Å². The molecule has 9 heteroatoms. The Bertz CT molecular complexity index is 929. The molecule has 112 valence electrons. The van der Waals surface area contributed by atoms with Crippen LogP contribution in [0.2, 0.25) is 0 Å². The normalized spacial score (nSPS) is 13.7. The molecule has 1 aromatic carbocycles. The van der Waals surface area contributed by atoms with E-state index in [-0.39, 0.29) is 27.6 Å². The van der Waals surface area contributed by atoms with Crippen LogP contribution >= 0.6 is 0 Å². The van der Waals surface area contributed by atoms with Gasteiger partial charge in [0, 0.05) is 13.1 Å². The lowest BCUT2D eigenvalue weighted by Gasteiger charge is -1.86. The van der Waals surface area contributed by atoms with Gasteiger partial charge in [-0.1, -0.05) is 0 Å². The van der Waals surface area contributed by atoms with E-state index >= 15 is 0 Å². The van der Waals surface area contributed by atoms with Gasteiger partial charge in [-0.05, 0) is 12.1 Å². The summed E-state index contributed by atoms with van der Waals surface area (Å²) in [5.74, 6) is 0. The van der Waals surface area contributed by atoms with Crippen molar-refractivity contribution in [1.82, 2.24) is 20.6 Å². The van der Waals surface area contributed by atoms with Crippen molar-refractivity contribution >= 4 is 27.6 Å². The first-order chi connectivity index (χ1) is 10.5. The topological polar surface area (TPSA) is 141 Å². The van der Waals surface area contributed by atoms with Gasteiger partial charge in [-0.15, -0.1) is 0 Å². The van der Waals surface area contributed by atoms with Crippen molar-refractivity contribution in [3.63, 3.8) is 0 Å². The third-order valence-corrected chi connectivity index (χ3v) is 3.29. The van der Waals surface area contributed by atoms with Crippen molar-refractivity contribution in [1.29, 1.82) is 0 Å². The predicted molar refractivity (Wildman–Crippen MR) is 79.0 cm³/mol. The molecule has 0 saturated carbocycles. The number of aromatic amines is 2. The number of nitrogens with one attached hydrogen (secondary N) is 4. The van der Waals surface area contributed by atoms with Gasteiger partial charge in [-0.3, -0.25) is 29.1 Å². The van der Waals surface area contributed by atoms with Crippen LogP contribution in [-0.2, 0) is 0 Å². The molecule has 0 bridgehead atoms. The molecule has 1 aliphatic heterocycles. The molecule has 1 aliphatic rings. The van der Waals surface area contributed by atoms with Crippen molar-refractivity contribution in [3.05, 3.63) is 53.5 Å². The number of carbonyl (C=O) groups excluding carboxylic acids is 1. The lowest BCUT2D eigenvalue weighted by molar-refractivity contribution is 0.248. The molecule has 3 heterocycles. The zero-order chi connectivity index (χ0) is 15.9. The SMILES string of the molecule is O=C1NCCN1.O=c1[nH]c(=O)c2cc3c(=O)[nH]c(=O)c3cc12. The number of H-pyrrole nitrogens is 2. The standard InChI is InChI=1S/C10H4N2O4.C3H6N2O/c13-7-3-1-4-6(10(16)12-8(4)14)2-5(3)9(15)11-7;6-3-4-1-2-5-3/h1-2H,(H,11,13,15)(H,12,14,16);1-2H2,(H2,4,5,6). The fourth-order valence-corrected chi connectivity index (χ4v) is 2.24. The molecule has 3 aromatic rings. The molecule has 0 aliphatic carbocycles. The molecule has 0 spiro atoms. The van der Waals surface area contributed by atoms with Gasteiger partial charge in [0.2, 0.25) is 0 Å². The van der Waals surface area contributed by atoms with E-state index in [9.17, 15) is 24.0 Å². The molecule has 2 aromatic heterocycles. The summed E-state index contributed by atoms with van der Waals surface area (Å²) in [6.45, 7) is 1.55. The second-order valence-corrected chi connectivity index (χ2v) is 4.69. The van der Waals surface area contributed by atoms with Crippen LogP contribution in [0.1, 0.15) is 0 Å². The molecule has 9 nitrogen and oxygen atoms in total. The highest BCUT2D eigenvalue weighted by Gasteiger charge is 2.12. The van der Waals surface area contributed by atoms with Crippen LogP contribution in [0.25, 0.3) is 21.5 Å². The summed E-state index contributed by atoms with van der Waals surface area (Å²) in [5.41, 5.74) is -2.19. The minimum Gasteiger partial charge on any atom is -0.336 e. The van der Waals surface area contributed by atoms with E-state index in [1.807, 2.05) is 0 Å². The van der Waals surface area contributed by atoms with Gasteiger partial charge in [-0.2, -0.15) is 0 Å². The van der Waals surface area contributed by atoms with Crippen LogP contribution < -0.4 is 32.9 Å². The molecule has 0 unspecified atom stereocenters. The molecule has 1 fully saturated rings. The van der Waals surface area contributed by atoms with E-state index in [1.165, 1.54) is 12.1 Å². The summed E-state index contributed by atoms with van der Waals surface area (Å²) >= 11 is 0. The summed E-state index contributed by atoms with van der Waals surface area (Å²) in [5, 5.41) is 5.67. The number of hydrogen-bond donors (Lipinski definition) is 4. The lowest BCUT2D eigenvalue weighted by Crippen LogP contribution is -2.20. The van der Waals surface area contributed by atoms with Gasteiger partial charge in [-0.25, -0.2) is 4.79 Å². The number of urea groups is 1. The summed E-state index contributed by atoms with van der Waals surface area (Å²) < 4.78 is 0. The number of benzene rings is 1. The van der Waals surface area contributed by atoms with E-state index in [1.54, 1.807) is 0 Å². The highest BCUT2D eigenvalue weighted by atomic mass is 16.2. The predicted octanol–water partition coefficient (Wildman–Crippen LogP) is -1.74. The van der Waals surface area contributed by atoms with E-state index in [0.717, 1.165) is 13.1 Å². The molecule has 1 saturated heterocycles. The first-order valence-corrected chi connectivity index (χ1v) is 6.38. The van der Waals surface area contributed by atoms with E-state index in [4.69, 9.17) is 0 Å². The van der Waals surface area contributed by atoms with Crippen molar-refractivity contribution in [2.45, 2.75) is 0 Å². The minimum atomic E-state index is -0.546. The largest absolute Gasteiger partial charge is 0.336 e.